The first-order valence-corrected chi connectivity index (χ1v) is 13.2. The fraction of sp³-hybridized carbons (Fsp3) is 0.786. The fourth-order valence-electron chi connectivity index (χ4n) is 8.98. The van der Waals surface area contributed by atoms with E-state index in [1.165, 1.54) is 32.1 Å². The van der Waals surface area contributed by atoms with E-state index in [2.05, 4.69) is 30.8 Å². The summed E-state index contributed by atoms with van der Waals surface area (Å²) in [7, 11) is 1.85. The summed E-state index contributed by atoms with van der Waals surface area (Å²) in [4.78, 5) is 13.5. The van der Waals surface area contributed by atoms with Crippen LogP contribution in [0, 0.1) is 40.4 Å². The molecule has 1 aromatic rings. The van der Waals surface area contributed by atoms with Crippen LogP contribution in [0.3, 0.4) is 0 Å². The molecule has 0 aliphatic heterocycles. The molecule has 2 N–H and O–H groups in total. The Labute approximate surface area is 199 Å². The molecule has 182 valence electrons. The molecule has 1 heterocycles. The van der Waals surface area contributed by atoms with E-state index in [0.717, 1.165) is 48.8 Å². The van der Waals surface area contributed by atoms with Crippen LogP contribution in [0.15, 0.2) is 19.0 Å². The number of Topliss-reactive ketones (excluding diaryl/α,β-unsaturated/α-hetero) is 1. The molecular formula is C28H43N3O2. The van der Waals surface area contributed by atoms with Crippen molar-refractivity contribution in [2.75, 3.05) is 7.05 Å². The van der Waals surface area contributed by atoms with Crippen LogP contribution in [0.25, 0.3) is 5.70 Å². The van der Waals surface area contributed by atoms with Crippen LogP contribution < -0.4 is 5.32 Å². The van der Waals surface area contributed by atoms with Gasteiger partial charge in [0.25, 0.3) is 0 Å². The zero-order chi connectivity index (χ0) is 23.6. The van der Waals surface area contributed by atoms with E-state index >= 15 is 0 Å². The third kappa shape index (κ3) is 3.69. The van der Waals surface area contributed by atoms with E-state index in [0.29, 0.717) is 29.6 Å². The van der Waals surface area contributed by atoms with Gasteiger partial charge in [-0.2, -0.15) is 5.10 Å². The van der Waals surface area contributed by atoms with Crippen molar-refractivity contribution >= 4 is 11.5 Å². The van der Waals surface area contributed by atoms with Crippen LogP contribution in [0.5, 0.6) is 0 Å². The molecule has 8 atom stereocenters. The summed E-state index contributed by atoms with van der Waals surface area (Å²) in [6.45, 7) is 11.4. The van der Waals surface area contributed by atoms with Gasteiger partial charge in [-0.3, -0.25) is 9.48 Å². The number of ketones is 1. The molecule has 5 nitrogen and oxygen atoms in total. The number of rotatable bonds is 5. The smallest absolute Gasteiger partial charge is 0.157 e. The van der Waals surface area contributed by atoms with E-state index in [9.17, 15) is 9.90 Å². The van der Waals surface area contributed by atoms with E-state index in [4.69, 9.17) is 0 Å². The van der Waals surface area contributed by atoms with Crippen LogP contribution >= 0.6 is 0 Å². The van der Waals surface area contributed by atoms with E-state index in [-0.39, 0.29) is 11.3 Å². The van der Waals surface area contributed by atoms with E-state index < -0.39 is 5.60 Å². The van der Waals surface area contributed by atoms with E-state index in [1.54, 1.807) is 10.9 Å². The van der Waals surface area contributed by atoms with Gasteiger partial charge in [0.1, 0.15) is 0 Å². The molecule has 4 fully saturated rings. The summed E-state index contributed by atoms with van der Waals surface area (Å²) >= 11 is 0. The standard InChI is InChI=1S/C28H43N3O2/c1-18(29-5)19-15-30-31(16-19)17-25(32)24-9-8-22-21-7-6-20-14-26(2,33)12-13-27(20,3)23(21)10-11-28(22,24)4/h15-16,20-24,29,33H,1,6-14,17H2,2-5H3/t20-,21+,22+,23+,24-,26-,27+,28+/m1/s1. The van der Waals surface area contributed by atoms with Crippen molar-refractivity contribution in [2.24, 2.45) is 40.4 Å². The number of hydrogen-bond acceptors (Lipinski definition) is 4. The van der Waals surface area contributed by atoms with Crippen molar-refractivity contribution in [3.05, 3.63) is 24.5 Å². The Kier molecular flexibility index (Phi) is 5.58. The number of nitrogens with zero attached hydrogens (tertiary/aromatic N) is 2. The second kappa shape index (κ2) is 7.96. The minimum Gasteiger partial charge on any atom is -0.390 e. The van der Waals surface area contributed by atoms with Gasteiger partial charge >= 0.3 is 0 Å². The van der Waals surface area contributed by atoms with Gasteiger partial charge in [-0.05, 0) is 99.2 Å². The molecule has 4 aliphatic rings. The van der Waals surface area contributed by atoms with Gasteiger partial charge in [-0.1, -0.05) is 20.4 Å². The Morgan fingerprint density at radius 3 is 2.64 bits per heavy atom. The monoisotopic (exact) mass is 453 g/mol. The summed E-state index contributed by atoms with van der Waals surface area (Å²) in [5, 5.41) is 18.2. The highest BCUT2D eigenvalue weighted by Gasteiger charge is 2.61. The Balaban J connectivity index is 1.31. The molecule has 0 bridgehead atoms. The minimum absolute atomic E-state index is 0.131. The molecule has 0 unspecified atom stereocenters. The second-order valence-electron chi connectivity index (χ2n) is 12.7. The molecule has 4 saturated carbocycles. The molecule has 0 amide bonds. The minimum atomic E-state index is -0.475. The van der Waals surface area contributed by atoms with Crippen LogP contribution in [-0.2, 0) is 11.3 Å². The van der Waals surface area contributed by atoms with Gasteiger partial charge in [0.05, 0.1) is 18.3 Å². The highest BCUT2D eigenvalue weighted by atomic mass is 16.3. The number of aromatic nitrogens is 2. The van der Waals surface area contributed by atoms with Gasteiger partial charge in [0.15, 0.2) is 5.78 Å². The first-order valence-electron chi connectivity index (χ1n) is 13.2. The summed E-state index contributed by atoms with van der Waals surface area (Å²) in [6.07, 6.45) is 14.0. The zero-order valence-electron chi connectivity index (χ0n) is 21.1. The average molecular weight is 454 g/mol. The summed E-state index contributed by atoms with van der Waals surface area (Å²) < 4.78 is 1.79. The first-order chi connectivity index (χ1) is 15.6. The highest BCUT2D eigenvalue weighted by Crippen LogP contribution is 2.68. The van der Waals surface area contributed by atoms with Gasteiger partial charge < -0.3 is 10.4 Å². The Bertz CT molecular complexity index is 935. The predicted octanol–water partition coefficient (Wildman–Crippen LogP) is 5.05. The average Bonchev–Trinajstić information content (AvgIpc) is 3.37. The lowest BCUT2D eigenvalue weighted by atomic mass is 9.44. The molecule has 0 saturated heterocycles. The summed E-state index contributed by atoms with van der Waals surface area (Å²) in [5.41, 5.74) is 1.80. The molecular weight excluding hydrogens is 410 g/mol. The Morgan fingerprint density at radius 2 is 1.88 bits per heavy atom. The third-order valence-electron chi connectivity index (χ3n) is 10.9. The largest absolute Gasteiger partial charge is 0.390 e. The Morgan fingerprint density at radius 1 is 1.12 bits per heavy atom. The fourth-order valence-corrected chi connectivity index (χ4v) is 8.98. The topological polar surface area (TPSA) is 67.2 Å². The number of carbonyl (C=O) groups excluding carboxylic acids is 1. The number of carbonyl (C=O) groups is 1. The lowest BCUT2D eigenvalue weighted by molar-refractivity contribution is -0.151. The molecule has 0 spiro atoms. The lowest BCUT2D eigenvalue weighted by Gasteiger charge is -2.61. The predicted molar refractivity (Wildman–Crippen MR) is 131 cm³/mol. The molecule has 5 rings (SSSR count). The third-order valence-corrected chi connectivity index (χ3v) is 10.9. The van der Waals surface area contributed by atoms with Crippen molar-refractivity contribution in [1.82, 2.24) is 15.1 Å². The maximum atomic E-state index is 13.5. The van der Waals surface area contributed by atoms with Crippen LogP contribution in [0.4, 0.5) is 0 Å². The van der Waals surface area contributed by atoms with Crippen LogP contribution in [-0.4, -0.2) is 33.3 Å². The van der Waals surface area contributed by atoms with Gasteiger partial charge in [0.2, 0.25) is 0 Å². The van der Waals surface area contributed by atoms with Crippen LogP contribution in [0.1, 0.15) is 84.1 Å². The second-order valence-corrected chi connectivity index (χ2v) is 12.7. The highest BCUT2D eigenvalue weighted by molar-refractivity contribution is 5.82. The SMILES string of the molecule is C=C(NC)c1cnn(CC(=O)[C@H]2CC[C@H]3[C@@H]4CC[C@@H]5C[C@](C)(O)CC[C@]5(C)[C@H]4CC[C@]23C)c1. The van der Waals surface area contributed by atoms with E-state index in [1.807, 2.05) is 20.2 Å². The van der Waals surface area contributed by atoms with Crippen molar-refractivity contribution in [3.63, 3.8) is 0 Å². The number of nitrogens with one attached hydrogen (secondary N) is 1. The normalized spacial score (nSPS) is 44.5. The molecule has 0 aromatic carbocycles. The molecule has 33 heavy (non-hydrogen) atoms. The maximum Gasteiger partial charge on any atom is 0.157 e. The van der Waals surface area contributed by atoms with Crippen molar-refractivity contribution in [1.29, 1.82) is 0 Å². The van der Waals surface area contributed by atoms with Gasteiger partial charge in [0, 0.05) is 30.4 Å². The number of hydrogen-bond donors (Lipinski definition) is 2. The maximum absolute atomic E-state index is 13.5. The van der Waals surface area contributed by atoms with Crippen LogP contribution in [0.2, 0.25) is 0 Å². The summed E-state index contributed by atoms with van der Waals surface area (Å²) in [5.74, 6) is 3.36. The molecule has 1 aromatic heterocycles. The number of fused-ring (bicyclic) bond motifs is 5. The Hall–Kier alpha value is -1.62. The molecule has 0 radical (unpaired) electrons. The zero-order valence-corrected chi connectivity index (χ0v) is 21.1. The van der Waals surface area contributed by atoms with Gasteiger partial charge in [-0.15, -0.1) is 0 Å². The molecule has 5 heteroatoms. The first kappa shape index (κ1) is 23.1. The van der Waals surface area contributed by atoms with Gasteiger partial charge in [-0.25, -0.2) is 0 Å². The molecule has 4 aliphatic carbocycles. The van der Waals surface area contributed by atoms with Crippen molar-refractivity contribution in [3.8, 4) is 0 Å². The summed E-state index contributed by atoms with van der Waals surface area (Å²) in [6, 6.07) is 0. The van der Waals surface area contributed by atoms with Crippen molar-refractivity contribution in [2.45, 2.75) is 90.7 Å². The lowest BCUT2D eigenvalue weighted by Crippen LogP contribution is -2.55. The quantitative estimate of drug-likeness (QED) is 0.654. The number of aliphatic hydroxyl groups is 1. The van der Waals surface area contributed by atoms with Crippen molar-refractivity contribution < 1.29 is 9.90 Å².